The molecule has 9 heteroatoms. The first-order chi connectivity index (χ1) is 14.4. The number of benzene rings is 1. The van der Waals surface area contributed by atoms with Gasteiger partial charge in [0.05, 0.1) is 28.6 Å². The van der Waals surface area contributed by atoms with E-state index in [1.54, 1.807) is 12.1 Å². The number of aliphatic hydroxyl groups excluding tert-OH is 1. The fourth-order valence-corrected chi connectivity index (χ4v) is 5.62. The summed E-state index contributed by atoms with van der Waals surface area (Å²) in [6.45, 7) is 1.39. The van der Waals surface area contributed by atoms with Gasteiger partial charge in [-0.15, -0.1) is 0 Å². The van der Waals surface area contributed by atoms with Gasteiger partial charge in [-0.25, -0.2) is 9.37 Å². The highest BCUT2D eigenvalue weighted by molar-refractivity contribution is 7.85. The van der Waals surface area contributed by atoms with E-state index in [1.165, 1.54) is 12.1 Å². The molecule has 1 saturated carbocycles. The first-order valence-corrected chi connectivity index (χ1v) is 11.7. The number of halogens is 1. The number of anilines is 2. The number of nitrogens with two attached hydrogens (primary N) is 1. The molecule has 2 aliphatic heterocycles. The zero-order valence-corrected chi connectivity index (χ0v) is 17.6. The Labute approximate surface area is 177 Å². The maximum Gasteiger partial charge on any atom is 0.227 e. The molecule has 2 aromatic rings. The molecule has 0 spiro atoms. The van der Waals surface area contributed by atoms with Crippen LogP contribution in [-0.4, -0.2) is 50.3 Å². The number of hydrogen-bond donors (Lipinski definition) is 3. The molecule has 5 rings (SSSR count). The van der Waals surface area contributed by atoms with E-state index in [0.29, 0.717) is 54.8 Å². The van der Waals surface area contributed by atoms with Gasteiger partial charge >= 0.3 is 0 Å². The molecular formula is C21H26FN5O2S. The predicted octanol–water partition coefficient (Wildman–Crippen LogP) is 1.67. The highest BCUT2D eigenvalue weighted by Gasteiger charge is 2.44. The van der Waals surface area contributed by atoms with E-state index in [1.807, 2.05) is 0 Å². The van der Waals surface area contributed by atoms with E-state index < -0.39 is 16.3 Å². The number of aryl methyl sites for hydroxylation is 1. The zero-order valence-electron chi connectivity index (χ0n) is 16.7. The summed E-state index contributed by atoms with van der Waals surface area (Å²) in [6, 6.07) is 6.43. The number of fused-ring (bicyclic) bond motifs is 1. The van der Waals surface area contributed by atoms with Crippen molar-refractivity contribution in [2.75, 3.05) is 35.7 Å². The molecule has 30 heavy (non-hydrogen) atoms. The third-order valence-electron chi connectivity index (χ3n) is 6.57. The Morgan fingerprint density at radius 2 is 1.87 bits per heavy atom. The molecule has 2 fully saturated rings. The minimum atomic E-state index is -1.11. The van der Waals surface area contributed by atoms with Gasteiger partial charge in [0, 0.05) is 30.8 Å². The standard InChI is InChI=1S/C21H26FN5O2S/c22-15-3-1-14(2-4-15)21(23)8-10-27(11-9-21)19-24-16-5-12-30(29)17(16)18(25-19)26-20(13-28)6-7-20/h1-4,28H,5-13,23H2,(H,24,25,26). The lowest BCUT2D eigenvalue weighted by molar-refractivity contribution is 0.265. The van der Waals surface area contributed by atoms with Crippen molar-refractivity contribution in [2.24, 2.45) is 5.73 Å². The quantitative estimate of drug-likeness (QED) is 0.661. The van der Waals surface area contributed by atoms with Crippen molar-refractivity contribution >= 4 is 22.6 Å². The minimum Gasteiger partial charge on any atom is -0.394 e. The van der Waals surface area contributed by atoms with Crippen LogP contribution in [-0.2, 0) is 22.8 Å². The van der Waals surface area contributed by atoms with E-state index >= 15 is 0 Å². The normalized spacial score (nSPS) is 23.8. The summed E-state index contributed by atoms with van der Waals surface area (Å²) < 4.78 is 25.8. The third kappa shape index (κ3) is 3.48. The first-order valence-electron chi connectivity index (χ1n) is 10.4. The smallest absolute Gasteiger partial charge is 0.227 e. The molecule has 0 bridgehead atoms. The molecule has 1 aliphatic carbocycles. The number of piperidine rings is 1. The Morgan fingerprint density at radius 1 is 1.17 bits per heavy atom. The average molecular weight is 432 g/mol. The molecular weight excluding hydrogens is 405 g/mol. The monoisotopic (exact) mass is 431 g/mol. The van der Waals surface area contributed by atoms with Crippen LogP contribution in [0, 0.1) is 5.82 Å². The summed E-state index contributed by atoms with van der Waals surface area (Å²) in [5, 5.41) is 13.1. The molecule has 4 N–H and O–H groups in total. The van der Waals surface area contributed by atoms with Gasteiger partial charge in [0.2, 0.25) is 5.95 Å². The largest absolute Gasteiger partial charge is 0.394 e. The van der Waals surface area contributed by atoms with E-state index in [9.17, 15) is 13.7 Å². The van der Waals surface area contributed by atoms with Crippen molar-refractivity contribution < 1.29 is 13.7 Å². The van der Waals surface area contributed by atoms with Gasteiger partial charge in [-0.05, 0) is 43.4 Å². The van der Waals surface area contributed by atoms with Crippen molar-refractivity contribution in [3.63, 3.8) is 0 Å². The fraction of sp³-hybridized carbons (Fsp3) is 0.524. The average Bonchev–Trinajstić information content (AvgIpc) is 3.42. The van der Waals surface area contributed by atoms with Crippen LogP contribution in [0.1, 0.15) is 36.9 Å². The van der Waals surface area contributed by atoms with Crippen molar-refractivity contribution in [1.29, 1.82) is 0 Å². The SMILES string of the molecule is NC1(c2ccc(F)cc2)CCN(c2nc3c(c(NC4(CO)CC4)n2)S(=O)CC3)CC1. The molecule has 0 amide bonds. The number of aromatic nitrogens is 2. The Kier molecular flexibility index (Phi) is 4.79. The second-order valence-corrected chi connectivity index (χ2v) is 10.2. The number of nitrogens with one attached hydrogen (secondary N) is 1. The van der Waals surface area contributed by atoms with E-state index in [4.69, 9.17) is 15.7 Å². The second-order valence-electron chi connectivity index (χ2n) is 8.66. The van der Waals surface area contributed by atoms with Crippen LogP contribution in [0.15, 0.2) is 29.2 Å². The van der Waals surface area contributed by atoms with E-state index in [0.717, 1.165) is 24.1 Å². The lowest BCUT2D eigenvalue weighted by Gasteiger charge is -2.39. The van der Waals surface area contributed by atoms with Gasteiger partial charge < -0.3 is 21.1 Å². The molecule has 1 aromatic heterocycles. The summed E-state index contributed by atoms with van der Waals surface area (Å²) in [7, 11) is -1.11. The lowest BCUT2D eigenvalue weighted by Crippen LogP contribution is -2.48. The van der Waals surface area contributed by atoms with Crippen molar-refractivity contribution in [3.8, 4) is 0 Å². The van der Waals surface area contributed by atoms with Gasteiger partial charge in [0.15, 0.2) is 0 Å². The van der Waals surface area contributed by atoms with Crippen molar-refractivity contribution in [3.05, 3.63) is 41.3 Å². The van der Waals surface area contributed by atoms with Crippen LogP contribution in [0.3, 0.4) is 0 Å². The second kappa shape index (κ2) is 7.25. The van der Waals surface area contributed by atoms with Crippen LogP contribution in [0.2, 0.25) is 0 Å². The highest BCUT2D eigenvalue weighted by atomic mass is 32.2. The van der Waals surface area contributed by atoms with Crippen LogP contribution >= 0.6 is 0 Å². The Bertz CT molecular complexity index is 988. The molecule has 1 atom stereocenters. The maximum absolute atomic E-state index is 13.3. The van der Waals surface area contributed by atoms with E-state index in [2.05, 4.69) is 10.2 Å². The summed E-state index contributed by atoms with van der Waals surface area (Å²) >= 11 is 0. The van der Waals surface area contributed by atoms with Gasteiger partial charge in [-0.3, -0.25) is 4.21 Å². The van der Waals surface area contributed by atoms with Gasteiger partial charge in [-0.2, -0.15) is 4.98 Å². The molecule has 3 heterocycles. The number of hydrogen-bond acceptors (Lipinski definition) is 7. The van der Waals surface area contributed by atoms with Crippen LogP contribution in [0.4, 0.5) is 16.2 Å². The third-order valence-corrected chi connectivity index (χ3v) is 8.03. The molecule has 1 aromatic carbocycles. The number of rotatable bonds is 5. The Balaban J connectivity index is 1.39. The van der Waals surface area contributed by atoms with Gasteiger partial charge in [0.25, 0.3) is 0 Å². The summed E-state index contributed by atoms with van der Waals surface area (Å²) in [5.74, 6) is 1.51. The highest BCUT2D eigenvalue weighted by Crippen LogP contribution is 2.41. The number of nitrogens with zero attached hydrogens (tertiary/aromatic N) is 3. The maximum atomic E-state index is 13.3. The topological polar surface area (TPSA) is 104 Å². The minimum absolute atomic E-state index is 0.0326. The molecule has 7 nitrogen and oxygen atoms in total. The molecule has 1 unspecified atom stereocenters. The van der Waals surface area contributed by atoms with Crippen LogP contribution < -0.4 is 16.0 Å². The number of aliphatic hydroxyl groups is 1. The van der Waals surface area contributed by atoms with Gasteiger partial charge in [-0.1, -0.05) is 12.1 Å². The van der Waals surface area contributed by atoms with E-state index in [-0.39, 0.29) is 18.0 Å². The molecule has 0 radical (unpaired) electrons. The van der Waals surface area contributed by atoms with Gasteiger partial charge in [0.1, 0.15) is 16.5 Å². The fourth-order valence-electron chi connectivity index (χ4n) is 4.31. The van der Waals surface area contributed by atoms with Crippen molar-refractivity contribution in [2.45, 2.75) is 48.1 Å². The van der Waals surface area contributed by atoms with Crippen LogP contribution in [0.25, 0.3) is 0 Å². The molecule has 1 saturated heterocycles. The molecule has 160 valence electrons. The predicted molar refractivity (Wildman–Crippen MR) is 113 cm³/mol. The van der Waals surface area contributed by atoms with Crippen LogP contribution in [0.5, 0.6) is 0 Å². The zero-order chi connectivity index (χ0) is 20.9. The summed E-state index contributed by atoms with van der Waals surface area (Å²) in [6.07, 6.45) is 3.83. The first kappa shape index (κ1) is 19.8. The summed E-state index contributed by atoms with van der Waals surface area (Å²) in [4.78, 5) is 12.3. The Hall–Kier alpha value is -2.10. The summed E-state index contributed by atoms with van der Waals surface area (Å²) in [5.41, 5.74) is 7.57. The van der Waals surface area contributed by atoms with Crippen molar-refractivity contribution in [1.82, 2.24) is 9.97 Å². The Morgan fingerprint density at radius 3 is 2.50 bits per heavy atom. The molecule has 3 aliphatic rings. The lowest BCUT2D eigenvalue weighted by atomic mass is 9.82.